The van der Waals surface area contributed by atoms with Crippen molar-refractivity contribution in [1.29, 1.82) is 0 Å². The summed E-state index contributed by atoms with van der Waals surface area (Å²) in [6.45, 7) is 13.7. The van der Waals surface area contributed by atoms with Gasteiger partial charge >= 0.3 is 0 Å². The van der Waals surface area contributed by atoms with Crippen molar-refractivity contribution in [3.05, 3.63) is 23.9 Å². The Bertz CT molecular complexity index is 277. The minimum absolute atomic E-state index is 0.329. The summed E-state index contributed by atoms with van der Waals surface area (Å²) in [6, 6.07) is 0. The molecule has 1 atom stereocenters. The molecular weight excluding hydrogens is 220 g/mol. The van der Waals surface area contributed by atoms with Crippen LogP contribution in [0.25, 0.3) is 0 Å². The fourth-order valence-corrected chi connectivity index (χ4v) is 2.26. The first-order valence-corrected chi connectivity index (χ1v) is 7.14. The van der Waals surface area contributed by atoms with Gasteiger partial charge < -0.3 is 11.5 Å². The molecule has 1 unspecified atom stereocenters. The molecule has 0 radical (unpaired) electrons. The van der Waals surface area contributed by atoms with Crippen molar-refractivity contribution >= 4 is 0 Å². The Kier molecular flexibility index (Phi) is 8.01. The molecule has 0 bridgehead atoms. The van der Waals surface area contributed by atoms with Gasteiger partial charge in [0.05, 0.1) is 0 Å². The lowest BCUT2D eigenvalue weighted by atomic mass is 9.78. The monoisotopic (exact) mass is 252 g/mol. The topological polar surface area (TPSA) is 52.0 Å². The first-order valence-electron chi connectivity index (χ1n) is 7.14. The second-order valence-corrected chi connectivity index (χ2v) is 6.34. The first kappa shape index (κ1) is 17.2. The predicted octanol–water partition coefficient (Wildman–Crippen LogP) is 3.98. The summed E-state index contributed by atoms with van der Waals surface area (Å²) < 4.78 is 0. The van der Waals surface area contributed by atoms with Crippen LogP contribution >= 0.6 is 0 Å². The van der Waals surface area contributed by atoms with Crippen molar-refractivity contribution in [1.82, 2.24) is 0 Å². The molecule has 2 heteroatoms. The Morgan fingerprint density at radius 1 is 1.39 bits per heavy atom. The molecule has 0 aliphatic heterocycles. The Balaban J connectivity index is 0.000000331. The van der Waals surface area contributed by atoms with Gasteiger partial charge in [0, 0.05) is 5.70 Å². The molecule has 4 N–H and O–H groups in total. The standard InChI is InChI=1S/C9H15N.C7H17N/c1-7-4-8(10)6-9(2,3)5-7;1-3-7(2)5-4-6-8/h4H,1,5-6,10H2,2-3H3;7H,3-6,8H2,1-2H3. The summed E-state index contributed by atoms with van der Waals surface area (Å²) in [5.41, 5.74) is 13.5. The van der Waals surface area contributed by atoms with Gasteiger partial charge in [0.2, 0.25) is 0 Å². The van der Waals surface area contributed by atoms with Crippen LogP contribution in [0.3, 0.4) is 0 Å². The van der Waals surface area contributed by atoms with Gasteiger partial charge in [0.15, 0.2) is 0 Å². The van der Waals surface area contributed by atoms with Crippen LogP contribution in [-0.2, 0) is 0 Å². The van der Waals surface area contributed by atoms with Crippen molar-refractivity contribution in [2.24, 2.45) is 22.8 Å². The van der Waals surface area contributed by atoms with E-state index in [2.05, 4.69) is 34.3 Å². The van der Waals surface area contributed by atoms with Crippen LogP contribution in [0, 0.1) is 11.3 Å². The largest absolute Gasteiger partial charge is 0.402 e. The summed E-state index contributed by atoms with van der Waals surface area (Å²) in [4.78, 5) is 0. The van der Waals surface area contributed by atoms with Crippen LogP contribution in [0.15, 0.2) is 23.9 Å². The molecule has 0 heterocycles. The predicted molar refractivity (Wildman–Crippen MR) is 82.2 cm³/mol. The van der Waals surface area contributed by atoms with Gasteiger partial charge in [0.25, 0.3) is 0 Å². The van der Waals surface area contributed by atoms with Crippen molar-refractivity contribution in [3.63, 3.8) is 0 Å². The van der Waals surface area contributed by atoms with Gasteiger partial charge in [-0.2, -0.15) is 0 Å². The first-order chi connectivity index (χ1) is 8.30. The van der Waals surface area contributed by atoms with Crippen molar-refractivity contribution < 1.29 is 0 Å². The van der Waals surface area contributed by atoms with Gasteiger partial charge in [-0.05, 0) is 49.6 Å². The SMILES string of the molecule is C=C1C=C(N)CC(C)(C)C1.CCC(C)CCCN. The summed E-state index contributed by atoms with van der Waals surface area (Å²) >= 11 is 0. The van der Waals surface area contributed by atoms with Crippen LogP contribution in [0.4, 0.5) is 0 Å². The van der Waals surface area contributed by atoms with Crippen LogP contribution in [-0.4, -0.2) is 6.54 Å². The summed E-state index contributed by atoms with van der Waals surface area (Å²) in [5, 5.41) is 0. The normalized spacial score (nSPS) is 19.6. The Morgan fingerprint density at radius 2 is 2.00 bits per heavy atom. The Labute approximate surface area is 114 Å². The van der Waals surface area contributed by atoms with E-state index in [0.29, 0.717) is 5.41 Å². The van der Waals surface area contributed by atoms with Gasteiger partial charge in [0.1, 0.15) is 0 Å². The van der Waals surface area contributed by atoms with Crippen LogP contribution in [0.5, 0.6) is 0 Å². The molecule has 0 amide bonds. The molecule has 1 aliphatic rings. The molecule has 0 aromatic rings. The van der Waals surface area contributed by atoms with E-state index in [9.17, 15) is 0 Å². The summed E-state index contributed by atoms with van der Waals surface area (Å²) in [6.07, 6.45) is 7.85. The molecule has 106 valence electrons. The maximum absolute atomic E-state index is 5.70. The molecule has 18 heavy (non-hydrogen) atoms. The highest BCUT2D eigenvalue weighted by Gasteiger charge is 2.22. The molecule has 1 rings (SSSR count). The molecule has 1 aliphatic carbocycles. The molecule has 2 nitrogen and oxygen atoms in total. The number of hydrogen-bond acceptors (Lipinski definition) is 2. The highest BCUT2D eigenvalue weighted by Crippen LogP contribution is 2.35. The van der Waals surface area contributed by atoms with E-state index in [1.165, 1.54) is 19.3 Å². The van der Waals surface area contributed by atoms with E-state index < -0.39 is 0 Å². The average molecular weight is 252 g/mol. The van der Waals surface area contributed by atoms with Gasteiger partial charge in [-0.1, -0.05) is 46.3 Å². The van der Waals surface area contributed by atoms with Crippen LogP contribution in [0.1, 0.15) is 59.8 Å². The zero-order valence-electron chi connectivity index (χ0n) is 12.8. The molecule has 0 saturated carbocycles. The molecule has 0 spiro atoms. The third kappa shape index (κ3) is 8.35. The molecular formula is C16H32N2. The van der Waals surface area contributed by atoms with E-state index in [0.717, 1.165) is 36.6 Å². The minimum atomic E-state index is 0.329. The zero-order chi connectivity index (χ0) is 14.2. The maximum atomic E-state index is 5.70. The molecule has 0 aromatic carbocycles. The van der Waals surface area contributed by atoms with E-state index in [1.807, 2.05) is 6.08 Å². The lowest BCUT2D eigenvalue weighted by Gasteiger charge is -2.29. The lowest BCUT2D eigenvalue weighted by molar-refractivity contribution is 0.350. The number of rotatable bonds is 4. The lowest BCUT2D eigenvalue weighted by Crippen LogP contribution is -2.20. The van der Waals surface area contributed by atoms with E-state index in [-0.39, 0.29) is 0 Å². The second-order valence-electron chi connectivity index (χ2n) is 6.34. The fourth-order valence-electron chi connectivity index (χ4n) is 2.26. The van der Waals surface area contributed by atoms with Gasteiger partial charge in [-0.25, -0.2) is 0 Å². The summed E-state index contributed by atoms with van der Waals surface area (Å²) in [7, 11) is 0. The fraction of sp³-hybridized carbons (Fsp3) is 0.750. The third-order valence-corrected chi connectivity index (χ3v) is 3.38. The third-order valence-electron chi connectivity index (χ3n) is 3.38. The number of nitrogens with two attached hydrogens (primary N) is 2. The Hall–Kier alpha value is -0.760. The van der Waals surface area contributed by atoms with E-state index in [4.69, 9.17) is 11.5 Å². The zero-order valence-corrected chi connectivity index (χ0v) is 12.8. The number of allylic oxidation sites excluding steroid dienone is 3. The van der Waals surface area contributed by atoms with Crippen LogP contribution < -0.4 is 11.5 Å². The maximum Gasteiger partial charge on any atom is 0.00885 e. The Morgan fingerprint density at radius 3 is 2.39 bits per heavy atom. The smallest absolute Gasteiger partial charge is 0.00885 e. The molecule has 0 aromatic heterocycles. The molecule has 0 saturated heterocycles. The average Bonchev–Trinajstić information content (AvgIpc) is 2.23. The van der Waals surface area contributed by atoms with Crippen LogP contribution in [0.2, 0.25) is 0 Å². The van der Waals surface area contributed by atoms with E-state index >= 15 is 0 Å². The quantitative estimate of drug-likeness (QED) is 0.795. The number of hydrogen-bond donors (Lipinski definition) is 2. The molecule has 0 fully saturated rings. The van der Waals surface area contributed by atoms with E-state index in [1.54, 1.807) is 0 Å². The summed E-state index contributed by atoms with van der Waals surface area (Å²) in [5.74, 6) is 0.874. The van der Waals surface area contributed by atoms with Crippen molar-refractivity contribution in [2.75, 3.05) is 6.54 Å². The highest BCUT2D eigenvalue weighted by molar-refractivity contribution is 5.25. The minimum Gasteiger partial charge on any atom is -0.402 e. The van der Waals surface area contributed by atoms with Crippen molar-refractivity contribution in [3.8, 4) is 0 Å². The van der Waals surface area contributed by atoms with Gasteiger partial charge in [-0.15, -0.1) is 0 Å². The highest BCUT2D eigenvalue weighted by atomic mass is 14.6. The second kappa shape index (κ2) is 8.36. The van der Waals surface area contributed by atoms with Gasteiger partial charge in [-0.3, -0.25) is 0 Å². The van der Waals surface area contributed by atoms with Crippen molar-refractivity contribution in [2.45, 2.75) is 59.8 Å².